The third kappa shape index (κ3) is 4.52. The van der Waals surface area contributed by atoms with Crippen LogP contribution in [-0.4, -0.2) is 42.1 Å². The van der Waals surface area contributed by atoms with E-state index in [1.807, 2.05) is 31.9 Å². The Bertz CT molecular complexity index is 343. The van der Waals surface area contributed by atoms with Gasteiger partial charge < -0.3 is 10.2 Å². The standard InChI is InChI=1S/C12H22N4S/c1-5-13-8-11-9-14-12(15-10(11)2)16(3)6-7-17-4/h9,13H,5-8H2,1-4H3. The summed E-state index contributed by atoms with van der Waals surface area (Å²) in [6.07, 6.45) is 4.04. The van der Waals surface area contributed by atoms with E-state index in [1.165, 1.54) is 5.56 Å². The van der Waals surface area contributed by atoms with Crippen molar-refractivity contribution in [1.82, 2.24) is 15.3 Å². The molecule has 1 N–H and O–H groups in total. The third-order valence-electron chi connectivity index (χ3n) is 2.61. The molecule has 0 radical (unpaired) electrons. The van der Waals surface area contributed by atoms with E-state index in [-0.39, 0.29) is 0 Å². The Balaban J connectivity index is 2.67. The molecule has 17 heavy (non-hydrogen) atoms. The van der Waals surface area contributed by atoms with Gasteiger partial charge in [0.15, 0.2) is 0 Å². The van der Waals surface area contributed by atoms with Gasteiger partial charge in [0.25, 0.3) is 0 Å². The van der Waals surface area contributed by atoms with Crippen LogP contribution in [0, 0.1) is 6.92 Å². The highest BCUT2D eigenvalue weighted by Crippen LogP contribution is 2.10. The highest BCUT2D eigenvalue weighted by Gasteiger charge is 2.06. The first-order chi connectivity index (χ1) is 8.19. The Kier molecular flexibility index (Phi) is 6.29. The summed E-state index contributed by atoms with van der Waals surface area (Å²) in [5.41, 5.74) is 2.24. The number of rotatable bonds is 7. The normalized spacial score (nSPS) is 10.6. The fourth-order valence-corrected chi connectivity index (χ4v) is 1.88. The van der Waals surface area contributed by atoms with Crippen LogP contribution in [0.3, 0.4) is 0 Å². The highest BCUT2D eigenvalue weighted by molar-refractivity contribution is 7.98. The lowest BCUT2D eigenvalue weighted by atomic mass is 10.2. The first kappa shape index (κ1) is 14.3. The van der Waals surface area contributed by atoms with Crippen molar-refractivity contribution in [3.63, 3.8) is 0 Å². The van der Waals surface area contributed by atoms with Crippen LogP contribution in [0.4, 0.5) is 5.95 Å². The smallest absolute Gasteiger partial charge is 0.225 e. The number of thioether (sulfide) groups is 1. The topological polar surface area (TPSA) is 41.1 Å². The van der Waals surface area contributed by atoms with Gasteiger partial charge in [-0.25, -0.2) is 9.97 Å². The van der Waals surface area contributed by atoms with Gasteiger partial charge in [0, 0.05) is 43.3 Å². The summed E-state index contributed by atoms with van der Waals surface area (Å²) in [7, 11) is 2.04. The van der Waals surface area contributed by atoms with Crippen molar-refractivity contribution in [3.05, 3.63) is 17.5 Å². The quantitative estimate of drug-likeness (QED) is 0.802. The zero-order chi connectivity index (χ0) is 12.7. The lowest BCUT2D eigenvalue weighted by Crippen LogP contribution is -2.23. The zero-order valence-electron chi connectivity index (χ0n) is 11.2. The van der Waals surface area contributed by atoms with Crippen LogP contribution < -0.4 is 10.2 Å². The number of hydrogen-bond donors (Lipinski definition) is 1. The number of aryl methyl sites for hydroxylation is 1. The molecule has 0 amide bonds. The molecule has 96 valence electrons. The molecule has 0 saturated heterocycles. The van der Waals surface area contributed by atoms with Crippen molar-refractivity contribution >= 4 is 17.7 Å². The van der Waals surface area contributed by atoms with Gasteiger partial charge in [-0.05, 0) is 19.7 Å². The molecule has 1 heterocycles. The van der Waals surface area contributed by atoms with E-state index < -0.39 is 0 Å². The Labute approximate surface area is 108 Å². The summed E-state index contributed by atoms with van der Waals surface area (Å²) in [4.78, 5) is 11.1. The fourth-order valence-electron chi connectivity index (χ4n) is 1.43. The molecule has 0 saturated carbocycles. The molecule has 0 spiro atoms. The minimum atomic E-state index is 0.816. The summed E-state index contributed by atoms with van der Waals surface area (Å²) in [6, 6.07) is 0. The number of anilines is 1. The molecule has 0 aliphatic carbocycles. The van der Waals surface area contributed by atoms with Gasteiger partial charge in [0.2, 0.25) is 5.95 Å². The summed E-state index contributed by atoms with van der Waals surface area (Å²) >= 11 is 1.84. The minimum Gasteiger partial charge on any atom is -0.343 e. The van der Waals surface area contributed by atoms with E-state index in [1.54, 1.807) is 0 Å². The zero-order valence-corrected chi connectivity index (χ0v) is 12.0. The molecule has 1 aromatic rings. The van der Waals surface area contributed by atoms with Gasteiger partial charge in [0.1, 0.15) is 0 Å². The molecular weight excluding hydrogens is 232 g/mol. The summed E-state index contributed by atoms with van der Waals surface area (Å²) < 4.78 is 0. The van der Waals surface area contributed by atoms with Crippen LogP contribution in [-0.2, 0) is 6.54 Å². The molecule has 1 rings (SSSR count). The SMILES string of the molecule is CCNCc1cnc(N(C)CCSC)nc1C. The van der Waals surface area contributed by atoms with Gasteiger partial charge in [-0.3, -0.25) is 0 Å². The Morgan fingerprint density at radius 2 is 2.24 bits per heavy atom. The average molecular weight is 254 g/mol. The van der Waals surface area contributed by atoms with Crippen molar-refractivity contribution in [2.75, 3.05) is 37.0 Å². The van der Waals surface area contributed by atoms with Crippen LogP contribution in [0.15, 0.2) is 6.20 Å². The average Bonchev–Trinajstić information content (AvgIpc) is 2.34. The van der Waals surface area contributed by atoms with Crippen molar-refractivity contribution in [2.45, 2.75) is 20.4 Å². The number of nitrogens with one attached hydrogen (secondary N) is 1. The van der Waals surface area contributed by atoms with E-state index in [9.17, 15) is 0 Å². The minimum absolute atomic E-state index is 0.816. The first-order valence-electron chi connectivity index (χ1n) is 5.92. The van der Waals surface area contributed by atoms with Crippen LogP contribution >= 0.6 is 11.8 Å². The van der Waals surface area contributed by atoms with Crippen LogP contribution in [0.5, 0.6) is 0 Å². The molecule has 0 aliphatic rings. The Morgan fingerprint density at radius 1 is 1.47 bits per heavy atom. The number of aromatic nitrogens is 2. The molecule has 0 unspecified atom stereocenters. The van der Waals surface area contributed by atoms with Crippen molar-refractivity contribution in [3.8, 4) is 0 Å². The molecule has 0 bridgehead atoms. The van der Waals surface area contributed by atoms with E-state index in [4.69, 9.17) is 0 Å². The molecule has 0 fully saturated rings. The highest BCUT2D eigenvalue weighted by atomic mass is 32.2. The lowest BCUT2D eigenvalue weighted by molar-refractivity contribution is 0.714. The van der Waals surface area contributed by atoms with Gasteiger partial charge in [-0.15, -0.1) is 0 Å². The van der Waals surface area contributed by atoms with Gasteiger partial charge in [-0.1, -0.05) is 6.92 Å². The van der Waals surface area contributed by atoms with E-state index >= 15 is 0 Å². The second kappa shape index (κ2) is 7.50. The lowest BCUT2D eigenvalue weighted by Gasteiger charge is -2.17. The Hall–Kier alpha value is -0.810. The molecule has 0 atom stereocenters. The van der Waals surface area contributed by atoms with Crippen molar-refractivity contribution < 1.29 is 0 Å². The van der Waals surface area contributed by atoms with Crippen molar-refractivity contribution in [1.29, 1.82) is 0 Å². The first-order valence-corrected chi connectivity index (χ1v) is 7.31. The Morgan fingerprint density at radius 3 is 2.82 bits per heavy atom. The molecular formula is C12H22N4S. The fraction of sp³-hybridized carbons (Fsp3) is 0.667. The number of nitrogens with zero attached hydrogens (tertiary/aromatic N) is 3. The van der Waals surface area contributed by atoms with Crippen LogP contribution in [0.25, 0.3) is 0 Å². The molecule has 0 aromatic carbocycles. The van der Waals surface area contributed by atoms with Gasteiger partial charge in [0.05, 0.1) is 0 Å². The second-order valence-corrected chi connectivity index (χ2v) is 4.96. The predicted molar refractivity (Wildman–Crippen MR) is 75.8 cm³/mol. The predicted octanol–water partition coefficient (Wildman–Crippen LogP) is 1.69. The van der Waals surface area contributed by atoms with E-state index in [0.717, 1.165) is 37.0 Å². The maximum atomic E-state index is 4.54. The van der Waals surface area contributed by atoms with Gasteiger partial charge >= 0.3 is 0 Å². The number of hydrogen-bond acceptors (Lipinski definition) is 5. The summed E-state index contributed by atoms with van der Waals surface area (Å²) in [5, 5.41) is 3.29. The molecule has 0 aliphatic heterocycles. The second-order valence-electron chi connectivity index (χ2n) is 3.98. The largest absolute Gasteiger partial charge is 0.343 e. The summed E-state index contributed by atoms with van der Waals surface area (Å²) in [6.45, 7) is 6.93. The van der Waals surface area contributed by atoms with Crippen LogP contribution in [0.1, 0.15) is 18.2 Å². The summed E-state index contributed by atoms with van der Waals surface area (Å²) in [5.74, 6) is 1.91. The molecule has 5 heteroatoms. The van der Waals surface area contributed by atoms with Crippen LogP contribution in [0.2, 0.25) is 0 Å². The third-order valence-corrected chi connectivity index (χ3v) is 3.20. The van der Waals surface area contributed by atoms with E-state index in [0.29, 0.717) is 0 Å². The maximum absolute atomic E-state index is 4.54. The van der Waals surface area contributed by atoms with E-state index in [2.05, 4.69) is 33.4 Å². The maximum Gasteiger partial charge on any atom is 0.225 e. The monoisotopic (exact) mass is 254 g/mol. The van der Waals surface area contributed by atoms with Crippen molar-refractivity contribution in [2.24, 2.45) is 0 Å². The molecule has 4 nitrogen and oxygen atoms in total. The van der Waals surface area contributed by atoms with Gasteiger partial charge in [-0.2, -0.15) is 11.8 Å². The molecule has 1 aromatic heterocycles.